The van der Waals surface area contributed by atoms with Crippen LogP contribution in [0.3, 0.4) is 0 Å². The van der Waals surface area contributed by atoms with Crippen molar-refractivity contribution in [2.24, 2.45) is 7.05 Å². The van der Waals surface area contributed by atoms with Gasteiger partial charge in [0.25, 0.3) is 5.91 Å². The van der Waals surface area contributed by atoms with Crippen LogP contribution in [0.25, 0.3) is 10.2 Å². The van der Waals surface area contributed by atoms with Gasteiger partial charge in [-0.25, -0.2) is 0 Å². The Morgan fingerprint density at radius 2 is 1.89 bits per heavy atom. The lowest BCUT2D eigenvalue weighted by atomic mass is 10.1. The first-order valence-corrected chi connectivity index (χ1v) is 12.6. The molecule has 2 N–H and O–H groups in total. The molecule has 4 rings (SSSR count). The lowest BCUT2D eigenvalue weighted by molar-refractivity contribution is 0.0949. The molecule has 0 saturated heterocycles. The number of aliphatic hydroxyl groups is 1. The molecular weight excluding hydrogens is 482 g/mol. The van der Waals surface area contributed by atoms with E-state index >= 15 is 0 Å². The van der Waals surface area contributed by atoms with E-state index in [1.165, 1.54) is 0 Å². The number of hydrogen-bond acceptors (Lipinski definition) is 5. The van der Waals surface area contributed by atoms with Crippen molar-refractivity contribution in [2.75, 3.05) is 20.1 Å². The van der Waals surface area contributed by atoms with Gasteiger partial charge in [-0.1, -0.05) is 54.1 Å². The highest BCUT2D eigenvalue weighted by Crippen LogP contribution is 2.24. The fourth-order valence-corrected chi connectivity index (χ4v) is 5.15. The van der Waals surface area contributed by atoms with Crippen LogP contribution in [-0.2, 0) is 20.0 Å². The van der Waals surface area contributed by atoms with Crippen LogP contribution < -0.4 is 10.7 Å². The summed E-state index contributed by atoms with van der Waals surface area (Å²) < 4.78 is 1.84. The van der Waals surface area contributed by atoms with Crippen LogP contribution >= 0.6 is 22.9 Å². The minimum Gasteiger partial charge on any atom is -0.387 e. The van der Waals surface area contributed by atoms with Crippen molar-refractivity contribution in [3.63, 3.8) is 0 Å². The summed E-state index contributed by atoms with van der Waals surface area (Å²) in [6.45, 7) is 1.57. The molecule has 35 heavy (non-hydrogen) atoms. The molecule has 182 valence electrons. The average molecular weight is 510 g/mol. The molecule has 2 aromatic carbocycles. The predicted octanol–water partition coefficient (Wildman–Crippen LogP) is 4.39. The highest BCUT2D eigenvalue weighted by atomic mass is 35.5. The lowest BCUT2D eigenvalue weighted by Crippen LogP contribution is -2.29. The first kappa shape index (κ1) is 25.1. The third kappa shape index (κ3) is 6.18. The van der Waals surface area contributed by atoms with E-state index in [2.05, 4.69) is 10.2 Å². The normalized spacial score (nSPS) is 12.3. The fraction of sp³-hybridized carbons (Fsp3) is 0.259. The van der Waals surface area contributed by atoms with Gasteiger partial charge in [-0.05, 0) is 42.8 Å². The lowest BCUT2D eigenvalue weighted by Gasteiger charge is -2.20. The molecular formula is C27H28ClN3O3S. The number of aliphatic hydroxyl groups excluding tert-OH is 1. The molecule has 2 aromatic heterocycles. The average Bonchev–Trinajstić information content (AvgIpc) is 3.30. The van der Waals surface area contributed by atoms with Crippen molar-refractivity contribution in [1.82, 2.24) is 14.8 Å². The molecule has 1 atom stereocenters. The molecule has 0 fully saturated rings. The van der Waals surface area contributed by atoms with Crippen molar-refractivity contribution in [1.29, 1.82) is 0 Å². The van der Waals surface area contributed by atoms with E-state index in [1.807, 2.05) is 67.2 Å². The second-order valence-electron chi connectivity index (χ2n) is 8.66. The maximum absolute atomic E-state index is 13.1. The number of amides is 1. The summed E-state index contributed by atoms with van der Waals surface area (Å²) in [6, 6.07) is 18.7. The summed E-state index contributed by atoms with van der Waals surface area (Å²) in [5.41, 5.74) is 1.66. The summed E-state index contributed by atoms with van der Waals surface area (Å²) in [5, 5.41) is 14.5. The van der Waals surface area contributed by atoms with Gasteiger partial charge < -0.3 is 19.9 Å². The van der Waals surface area contributed by atoms with Gasteiger partial charge in [0.05, 0.1) is 11.5 Å². The van der Waals surface area contributed by atoms with E-state index in [0.29, 0.717) is 23.5 Å². The number of aryl methyl sites for hydroxylation is 1. The third-order valence-electron chi connectivity index (χ3n) is 5.92. The van der Waals surface area contributed by atoms with Gasteiger partial charge in [0, 0.05) is 42.8 Å². The number of nitrogens with zero attached hydrogens (tertiary/aromatic N) is 2. The Bertz CT molecular complexity index is 1370. The first-order valence-electron chi connectivity index (χ1n) is 11.4. The van der Waals surface area contributed by atoms with Crippen molar-refractivity contribution < 1.29 is 9.90 Å². The number of hydrogen-bond donors (Lipinski definition) is 2. The molecule has 6 nitrogen and oxygen atoms in total. The zero-order valence-electron chi connectivity index (χ0n) is 19.7. The van der Waals surface area contributed by atoms with E-state index < -0.39 is 12.0 Å². The number of fused-ring (bicyclic) bond motifs is 1. The maximum Gasteiger partial charge on any atom is 0.257 e. The topological polar surface area (TPSA) is 74.6 Å². The number of likely N-dealkylation sites (N-methyl/N-ethyl adjacent to an activating group) is 1. The Morgan fingerprint density at radius 3 is 2.60 bits per heavy atom. The Balaban J connectivity index is 1.42. The Kier molecular flexibility index (Phi) is 8.03. The standard InChI is InChI=1S/C27H28ClN3O3S/c1-30(17-24(32)19-6-4-3-5-7-19)13-12-21-14-22-25(33)23(16-31(2)27(22)35-21)26(34)29-15-18-8-10-20(28)11-9-18/h3-11,14,16,24,32H,12-13,15,17H2,1-2H3,(H,29,34). The number of carbonyl (C=O) groups excluding carboxylic acids is 1. The molecule has 0 saturated carbocycles. The van der Waals surface area contributed by atoms with Crippen molar-refractivity contribution in [3.05, 3.63) is 104 Å². The summed E-state index contributed by atoms with van der Waals surface area (Å²) in [6.07, 6.45) is 1.79. The van der Waals surface area contributed by atoms with Crippen LogP contribution in [0.5, 0.6) is 0 Å². The Hall–Kier alpha value is -2.97. The molecule has 1 amide bonds. The van der Waals surface area contributed by atoms with Gasteiger partial charge in [-0.15, -0.1) is 11.3 Å². The molecule has 0 bridgehead atoms. The van der Waals surface area contributed by atoms with Crippen molar-refractivity contribution >= 4 is 39.1 Å². The van der Waals surface area contributed by atoms with Gasteiger partial charge in [-0.2, -0.15) is 0 Å². The number of benzene rings is 2. The van der Waals surface area contributed by atoms with E-state index in [-0.39, 0.29) is 11.0 Å². The first-order chi connectivity index (χ1) is 16.8. The second kappa shape index (κ2) is 11.2. The Labute approximate surface area is 213 Å². The van der Waals surface area contributed by atoms with E-state index in [0.717, 1.165) is 33.8 Å². The van der Waals surface area contributed by atoms with Crippen molar-refractivity contribution in [3.8, 4) is 0 Å². The molecule has 0 spiro atoms. The minimum atomic E-state index is -0.552. The van der Waals surface area contributed by atoms with Gasteiger partial charge in [-0.3, -0.25) is 9.59 Å². The summed E-state index contributed by atoms with van der Waals surface area (Å²) in [7, 11) is 3.82. The predicted molar refractivity (Wildman–Crippen MR) is 142 cm³/mol. The number of thiophene rings is 1. The van der Waals surface area contributed by atoms with Gasteiger partial charge in [0.1, 0.15) is 10.4 Å². The quantitative estimate of drug-likeness (QED) is 0.351. The molecule has 2 heterocycles. The number of carbonyl (C=O) groups is 1. The summed E-state index contributed by atoms with van der Waals surface area (Å²) >= 11 is 7.47. The monoisotopic (exact) mass is 509 g/mol. The highest BCUT2D eigenvalue weighted by Gasteiger charge is 2.17. The number of pyridine rings is 1. The largest absolute Gasteiger partial charge is 0.387 e. The number of aromatic nitrogens is 1. The SMILES string of the molecule is CN(CCc1cc2c(=O)c(C(=O)NCc3ccc(Cl)cc3)cn(C)c2s1)CC(O)c1ccccc1. The zero-order chi connectivity index (χ0) is 24.9. The Morgan fingerprint density at radius 1 is 1.17 bits per heavy atom. The summed E-state index contributed by atoms with van der Waals surface area (Å²) in [5.74, 6) is -0.398. The van der Waals surface area contributed by atoms with Crippen molar-refractivity contribution in [2.45, 2.75) is 19.1 Å². The molecule has 0 aliphatic heterocycles. The van der Waals surface area contributed by atoms with Crippen LogP contribution in [0.1, 0.15) is 32.5 Å². The molecule has 0 aliphatic carbocycles. The van der Waals surface area contributed by atoms with E-state index in [1.54, 1.807) is 29.7 Å². The second-order valence-corrected chi connectivity index (χ2v) is 10.2. The van der Waals surface area contributed by atoms with E-state index in [9.17, 15) is 14.7 Å². The molecule has 0 radical (unpaired) electrons. The molecule has 1 unspecified atom stereocenters. The number of nitrogens with one attached hydrogen (secondary N) is 1. The van der Waals surface area contributed by atoms with Gasteiger partial charge >= 0.3 is 0 Å². The molecule has 0 aliphatic rings. The smallest absolute Gasteiger partial charge is 0.257 e. The van der Waals surface area contributed by atoms with Gasteiger partial charge in [0.2, 0.25) is 5.43 Å². The van der Waals surface area contributed by atoms with E-state index in [4.69, 9.17) is 11.6 Å². The van der Waals surface area contributed by atoms with Crippen LogP contribution in [0.2, 0.25) is 5.02 Å². The minimum absolute atomic E-state index is 0.126. The molecule has 8 heteroatoms. The van der Waals surface area contributed by atoms with Crippen LogP contribution in [0.15, 0.2) is 71.7 Å². The zero-order valence-corrected chi connectivity index (χ0v) is 21.3. The highest BCUT2D eigenvalue weighted by molar-refractivity contribution is 7.18. The van der Waals surface area contributed by atoms with Crippen LogP contribution in [0.4, 0.5) is 0 Å². The fourth-order valence-electron chi connectivity index (χ4n) is 3.94. The number of halogens is 1. The van der Waals surface area contributed by atoms with Gasteiger partial charge in [0.15, 0.2) is 0 Å². The van der Waals surface area contributed by atoms with Crippen LogP contribution in [0, 0.1) is 0 Å². The summed E-state index contributed by atoms with van der Waals surface area (Å²) in [4.78, 5) is 29.8. The number of rotatable bonds is 9. The maximum atomic E-state index is 13.1. The molecule has 4 aromatic rings. The van der Waals surface area contributed by atoms with Crippen LogP contribution in [-0.4, -0.2) is 40.6 Å². The third-order valence-corrected chi connectivity index (χ3v) is 7.45.